The van der Waals surface area contributed by atoms with E-state index in [2.05, 4.69) is 20.8 Å². The molecular weight excluding hydrogens is 380 g/mol. The summed E-state index contributed by atoms with van der Waals surface area (Å²) in [5.74, 6) is 0.883. The second-order valence-electron chi connectivity index (χ2n) is 7.68. The van der Waals surface area contributed by atoms with Gasteiger partial charge in [0, 0.05) is 18.9 Å². The number of esters is 1. The lowest BCUT2D eigenvalue weighted by Gasteiger charge is -2.37. The molecule has 1 N–H and O–H groups in total. The molecule has 0 heterocycles. The van der Waals surface area contributed by atoms with Gasteiger partial charge in [-0.15, -0.1) is 0 Å². The zero-order valence-electron chi connectivity index (χ0n) is 19.6. The number of rotatable bonds is 12. The predicted octanol–water partition coefficient (Wildman–Crippen LogP) is 6.59. The molecule has 5 nitrogen and oxygen atoms in total. The number of aliphatic hydroxyl groups is 1. The maximum absolute atomic E-state index is 11.6. The van der Waals surface area contributed by atoms with Gasteiger partial charge in [0.2, 0.25) is 0 Å². The van der Waals surface area contributed by atoms with Crippen LogP contribution in [-0.4, -0.2) is 29.6 Å². The van der Waals surface area contributed by atoms with E-state index in [0.717, 1.165) is 44.7 Å². The van der Waals surface area contributed by atoms with Gasteiger partial charge in [-0.3, -0.25) is 4.79 Å². The topological polar surface area (TPSA) is 72.8 Å². The minimum atomic E-state index is -0.514. The average molecular weight is 423 g/mol. The van der Waals surface area contributed by atoms with Crippen LogP contribution in [0.15, 0.2) is 35.8 Å². The molecule has 0 aliphatic heterocycles. The highest BCUT2D eigenvalue weighted by molar-refractivity contribution is 5.70. The fraction of sp³-hybridized carbons (Fsp3) is 0.680. The largest absolute Gasteiger partial charge is 0.515 e. The summed E-state index contributed by atoms with van der Waals surface area (Å²) in [6, 6.07) is 0. The minimum Gasteiger partial charge on any atom is -0.515 e. The molecule has 1 fully saturated rings. The molecule has 0 amide bonds. The molecule has 30 heavy (non-hydrogen) atoms. The Bertz CT molecular complexity index is 570. The molecule has 0 saturated heterocycles. The molecule has 0 aromatic heterocycles. The van der Waals surface area contributed by atoms with Crippen molar-refractivity contribution in [2.75, 3.05) is 6.61 Å². The summed E-state index contributed by atoms with van der Waals surface area (Å²) in [5, 5.41) is 8.56. The molecule has 0 spiro atoms. The Balaban J connectivity index is 0.000000584. The van der Waals surface area contributed by atoms with Crippen molar-refractivity contribution in [2.24, 2.45) is 5.92 Å². The standard InChI is InChI=1S/C14H24O3.C11H18O2/c1-3-9-14(10-11-15,17-13(16)4-2)12-7-5-6-8-12;1-4-10(3)6-7-11(8-9-12)13-5-2/h11-12H,3-10H2,1-2H3;6-9,12H,4-5H2,1-3H3/b;9-8+,10-6+,11-7+. The summed E-state index contributed by atoms with van der Waals surface area (Å²) in [6.07, 6.45) is 15.4. The molecule has 0 radical (unpaired) electrons. The van der Waals surface area contributed by atoms with E-state index in [1.807, 2.05) is 19.1 Å². The number of allylic oxidation sites excluding steroid dienone is 4. The summed E-state index contributed by atoms with van der Waals surface area (Å²) in [5.41, 5.74) is 0.767. The molecular formula is C25H42O5. The molecule has 0 aromatic carbocycles. The Hall–Kier alpha value is -2.04. The van der Waals surface area contributed by atoms with E-state index in [9.17, 15) is 9.59 Å². The molecule has 0 aromatic rings. The van der Waals surface area contributed by atoms with Crippen LogP contribution in [0.5, 0.6) is 0 Å². The fourth-order valence-corrected chi connectivity index (χ4v) is 3.70. The Morgan fingerprint density at radius 1 is 1.10 bits per heavy atom. The lowest BCUT2D eigenvalue weighted by Crippen LogP contribution is -2.42. The van der Waals surface area contributed by atoms with Crippen LogP contribution in [0.3, 0.4) is 0 Å². The Morgan fingerprint density at radius 3 is 2.23 bits per heavy atom. The first-order chi connectivity index (χ1) is 14.4. The highest BCUT2D eigenvalue weighted by atomic mass is 16.6. The van der Waals surface area contributed by atoms with E-state index in [0.29, 0.717) is 31.1 Å². The summed E-state index contributed by atoms with van der Waals surface area (Å²) in [7, 11) is 0. The van der Waals surface area contributed by atoms with E-state index in [4.69, 9.17) is 14.6 Å². The van der Waals surface area contributed by atoms with Gasteiger partial charge in [-0.1, -0.05) is 51.7 Å². The number of hydrogen-bond donors (Lipinski definition) is 1. The van der Waals surface area contributed by atoms with Crippen molar-refractivity contribution in [1.29, 1.82) is 0 Å². The molecule has 1 atom stereocenters. The van der Waals surface area contributed by atoms with E-state index in [1.54, 1.807) is 6.92 Å². The maximum Gasteiger partial charge on any atom is 0.306 e. The van der Waals surface area contributed by atoms with Crippen molar-refractivity contribution >= 4 is 12.3 Å². The lowest BCUT2D eigenvalue weighted by atomic mass is 9.80. The van der Waals surface area contributed by atoms with Crippen molar-refractivity contribution in [1.82, 2.24) is 0 Å². The van der Waals surface area contributed by atoms with Crippen LogP contribution in [0.4, 0.5) is 0 Å². The van der Waals surface area contributed by atoms with Crippen molar-refractivity contribution in [3.05, 3.63) is 35.8 Å². The molecule has 1 unspecified atom stereocenters. The molecule has 0 bridgehead atoms. The Labute approximate surface area is 183 Å². The Kier molecular flexibility index (Phi) is 15.6. The van der Waals surface area contributed by atoms with Crippen LogP contribution >= 0.6 is 0 Å². The van der Waals surface area contributed by atoms with Gasteiger partial charge >= 0.3 is 5.97 Å². The van der Waals surface area contributed by atoms with Crippen molar-refractivity contribution in [2.45, 2.75) is 98.0 Å². The Morgan fingerprint density at radius 2 is 1.77 bits per heavy atom. The van der Waals surface area contributed by atoms with E-state index < -0.39 is 5.60 Å². The highest BCUT2D eigenvalue weighted by Gasteiger charge is 2.42. The van der Waals surface area contributed by atoms with Gasteiger partial charge in [0.1, 0.15) is 17.6 Å². The third kappa shape index (κ3) is 10.7. The molecule has 1 aliphatic carbocycles. The monoisotopic (exact) mass is 422 g/mol. The SMILES string of the molecule is CCCC(CC=O)(OC(=O)CC)C1CCCC1.CCOC(/C=C/O)=C/C=C(\C)CC. The van der Waals surface area contributed by atoms with Crippen molar-refractivity contribution < 1.29 is 24.2 Å². The van der Waals surface area contributed by atoms with Gasteiger partial charge in [-0.25, -0.2) is 0 Å². The minimum absolute atomic E-state index is 0.174. The maximum atomic E-state index is 11.6. The molecule has 1 aliphatic rings. The molecule has 5 heteroatoms. The van der Waals surface area contributed by atoms with Gasteiger partial charge in [0.15, 0.2) is 0 Å². The summed E-state index contributed by atoms with van der Waals surface area (Å²) in [6.45, 7) is 10.6. The summed E-state index contributed by atoms with van der Waals surface area (Å²) in [4.78, 5) is 22.5. The van der Waals surface area contributed by atoms with Gasteiger partial charge in [0.05, 0.1) is 12.9 Å². The van der Waals surface area contributed by atoms with Crippen LogP contribution in [0.1, 0.15) is 92.4 Å². The zero-order chi connectivity index (χ0) is 22.8. The third-order valence-corrected chi connectivity index (χ3v) is 5.45. The van der Waals surface area contributed by atoms with Crippen LogP contribution in [0.25, 0.3) is 0 Å². The van der Waals surface area contributed by atoms with E-state index in [-0.39, 0.29) is 5.97 Å². The average Bonchev–Trinajstić information content (AvgIpc) is 3.28. The van der Waals surface area contributed by atoms with Crippen LogP contribution in [-0.2, 0) is 19.1 Å². The van der Waals surface area contributed by atoms with Crippen molar-refractivity contribution in [3.8, 4) is 0 Å². The quantitative estimate of drug-likeness (QED) is 0.166. The first kappa shape index (κ1) is 28.0. The van der Waals surface area contributed by atoms with Gasteiger partial charge < -0.3 is 19.4 Å². The van der Waals surface area contributed by atoms with Gasteiger partial charge in [0.25, 0.3) is 0 Å². The zero-order valence-corrected chi connectivity index (χ0v) is 19.6. The van der Waals surface area contributed by atoms with E-state index >= 15 is 0 Å². The van der Waals surface area contributed by atoms with Crippen LogP contribution in [0.2, 0.25) is 0 Å². The number of carbonyl (C=O) groups is 2. The highest BCUT2D eigenvalue weighted by Crippen LogP contribution is 2.41. The van der Waals surface area contributed by atoms with Gasteiger partial charge in [-0.2, -0.15) is 0 Å². The molecule has 1 rings (SSSR count). The fourth-order valence-electron chi connectivity index (χ4n) is 3.70. The lowest BCUT2D eigenvalue weighted by molar-refractivity contribution is -0.168. The molecule has 172 valence electrons. The number of ether oxygens (including phenoxy) is 2. The molecule has 1 saturated carbocycles. The summed E-state index contributed by atoms with van der Waals surface area (Å²) < 4.78 is 10.9. The van der Waals surface area contributed by atoms with Crippen LogP contribution in [0, 0.1) is 5.92 Å². The van der Waals surface area contributed by atoms with Crippen molar-refractivity contribution in [3.63, 3.8) is 0 Å². The number of hydrogen-bond acceptors (Lipinski definition) is 5. The first-order valence-electron chi connectivity index (χ1n) is 11.4. The summed E-state index contributed by atoms with van der Waals surface area (Å²) >= 11 is 0. The predicted molar refractivity (Wildman–Crippen MR) is 122 cm³/mol. The first-order valence-corrected chi connectivity index (χ1v) is 11.4. The smallest absolute Gasteiger partial charge is 0.306 e. The second kappa shape index (κ2) is 16.7. The number of aliphatic hydroxyl groups excluding tert-OH is 1. The van der Waals surface area contributed by atoms with E-state index in [1.165, 1.54) is 24.5 Å². The second-order valence-corrected chi connectivity index (χ2v) is 7.68. The van der Waals surface area contributed by atoms with Gasteiger partial charge in [-0.05, 0) is 51.5 Å². The third-order valence-electron chi connectivity index (χ3n) is 5.45. The van der Waals surface area contributed by atoms with Crippen LogP contribution < -0.4 is 0 Å². The number of aldehydes is 1. The number of carbonyl (C=O) groups excluding carboxylic acids is 2. The normalized spacial score (nSPS) is 17.2.